The fourth-order valence-electron chi connectivity index (χ4n) is 1.95. The molecule has 2 rings (SSSR count). The fourth-order valence-corrected chi connectivity index (χ4v) is 2.80. The van der Waals surface area contributed by atoms with E-state index in [9.17, 15) is 4.79 Å². The maximum Gasteiger partial charge on any atom is 0.165 e. The van der Waals surface area contributed by atoms with Crippen molar-refractivity contribution in [2.24, 2.45) is 0 Å². The molecule has 0 saturated carbocycles. The largest absolute Gasteiger partial charge is 0.300 e. The lowest BCUT2D eigenvalue weighted by Crippen LogP contribution is -2.21. The van der Waals surface area contributed by atoms with Crippen LogP contribution < -0.4 is 0 Å². The highest BCUT2D eigenvalue weighted by Crippen LogP contribution is 2.17. The number of hydrogen-bond donors (Lipinski definition) is 0. The van der Waals surface area contributed by atoms with Crippen molar-refractivity contribution < 1.29 is 4.79 Å². The molecule has 106 valence electrons. The maximum atomic E-state index is 12.1. The Morgan fingerprint density at radius 2 is 2.15 bits per heavy atom. The van der Waals surface area contributed by atoms with Crippen LogP contribution in [0.25, 0.3) is 0 Å². The molecule has 5 heteroatoms. The summed E-state index contributed by atoms with van der Waals surface area (Å²) >= 11 is 7.67. The van der Waals surface area contributed by atoms with Crippen LogP contribution in [0.3, 0.4) is 0 Å². The van der Waals surface area contributed by atoms with Crippen LogP contribution in [-0.4, -0.2) is 29.3 Å². The van der Waals surface area contributed by atoms with Gasteiger partial charge in [-0.25, -0.2) is 4.98 Å². The number of Topliss-reactive ketones (excluding diaryl/α,β-unsaturated/α-hetero) is 1. The Morgan fingerprint density at radius 3 is 2.80 bits per heavy atom. The van der Waals surface area contributed by atoms with E-state index in [4.69, 9.17) is 11.6 Å². The summed E-state index contributed by atoms with van der Waals surface area (Å²) in [5.41, 5.74) is 1.66. The number of hydrogen-bond acceptors (Lipinski definition) is 4. The Kier molecular flexibility index (Phi) is 5.29. The molecule has 0 atom stereocenters. The Hall–Kier alpha value is -1.23. The second-order valence-electron chi connectivity index (χ2n) is 4.75. The number of ketones is 1. The molecule has 0 aliphatic carbocycles. The zero-order valence-electron chi connectivity index (χ0n) is 11.6. The minimum Gasteiger partial charge on any atom is -0.300 e. The van der Waals surface area contributed by atoms with Crippen LogP contribution in [0.15, 0.2) is 29.6 Å². The van der Waals surface area contributed by atoms with Gasteiger partial charge in [0, 0.05) is 30.5 Å². The zero-order chi connectivity index (χ0) is 14.5. The number of benzene rings is 1. The number of thiazole rings is 1. The van der Waals surface area contributed by atoms with Gasteiger partial charge in [0.05, 0.1) is 15.7 Å². The highest BCUT2D eigenvalue weighted by molar-refractivity contribution is 7.09. The molecule has 1 heterocycles. The molecule has 0 unspecified atom stereocenters. The highest BCUT2D eigenvalue weighted by Gasteiger charge is 2.11. The third kappa shape index (κ3) is 4.13. The molecule has 1 aromatic carbocycles. The van der Waals surface area contributed by atoms with Crippen LogP contribution in [0.2, 0.25) is 5.02 Å². The number of aryl methyl sites for hydroxylation is 1. The van der Waals surface area contributed by atoms with Gasteiger partial charge in [0.25, 0.3) is 0 Å². The third-order valence-electron chi connectivity index (χ3n) is 2.99. The smallest absolute Gasteiger partial charge is 0.165 e. The number of rotatable bonds is 6. The van der Waals surface area contributed by atoms with Crippen molar-refractivity contribution in [3.05, 3.63) is 50.9 Å². The quantitative estimate of drug-likeness (QED) is 0.761. The summed E-state index contributed by atoms with van der Waals surface area (Å²) in [5.74, 6) is 0.0805. The fraction of sp³-hybridized carbons (Fsp3) is 0.333. The van der Waals surface area contributed by atoms with Gasteiger partial charge in [-0.2, -0.15) is 0 Å². The van der Waals surface area contributed by atoms with E-state index in [2.05, 4.69) is 15.3 Å². The topological polar surface area (TPSA) is 33.2 Å². The summed E-state index contributed by atoms with van der Waals surface area (Å²) in [7, 11) is 1.99. The summed E-state index contributed by atoms with van der Waals surface area (Å²) in [6.45, 7) is 3.45. The van der Waals surface area contributed by atoms with Crippen molar-refractivity contribution in [3.8, 4) is 0 Å². The number of carbonyl (C=O) groups is 1. The zero-order valence-corrected chi connectivity index (χ0v) is 13.2. The molecule has 0 radical (unpaired) electrons. The predicted molar refractivity (Wildman–Crippen MR) is 83.6 cm³/mol. The Balaban J connectivity index is 1.85. The molecule has 0 aliphatic heterocycles. The maximum absolute atomic E-state index is 12.1. The van der Waals surface area contributed by atoms with E-state index in [1.54, 1.807) is 23.5 Å². The predicted octanol–water partition coefficient (Wildman–Crippen LogP) is 3.81. The number of aromatic nitrogens is 1. The first kappa shape index (κ1) is 15.2. The lowest BCUT2D eigenvalue weighted by molar-refractivity contribution is 0.0968. The van der Waals surface area contributed by atoms with Crippen molar-refractivity contribution in [2.45, 2.75) is 19.9 Å². The Morgan fingerprint density at radius 1 is 1.40 bits per heavy atom. The molecule has 0 bridgehead atoms. The SMILES string of the molecule is Cc1nc(CN(C)CCC(=O)c2ccccc2Cl)cs1. The molecule has 0 amide bonds. The van der Waals surface area contributed by atoms with Crippen LogP contribution in [0, 0.1) is 6.92 Å². The number of nitrogens with zero attached hydrogens (tertiary/aromatic N) is 2. The van der Waals surface area contributed by atoms with Crippen LogP contribution in [0.1, 0.15) is 27.5 Å². The molecular weight excluding hydrogens is 292 g/mol. The minimum absolute atomic E-state index is 0.0805. The number of halogens is 1. The Labute approximate surface area is 128 Å². The number of carbonyl (C=O) groups excluding carboxylic acids is 1. The molecule has 0 aliphatic rings. The molecule has 0 N–H and O–H groups in total. The van der Waals surface area contributed by atoms with E-state index < -0.39 is 0 Å². The average Bonchev–Trinajstić information content (AvgIpc) is 2.82. The van der Waals surface area contributed by atoms with Crippen molar-refractivity contribution in [1.82, 2.24) is 9.88 Å². The van der Waals surface area contributed by atoms with Gasteiger partial charge in [-0.15, -0.1) is 11.3 Å². The normalized spacial score (nSPS) is 11.0. The molecule has 1 aromatic heterocycles. The van der Waals surface area contributed by atoms with Crippen molar-refractivity contribution in [2.75, 3.05) is 13.6 Å². The first-order valence-electron chi connectivity index (χ1n) is 6.43. The van der Waals surface area contributed by atoms with E-state index >= 15 is 0 Å². The average molecular weight is 309 g/mol. The minimum atomic E-state index is 0.0805. The van der Waals surface area contributed by atoms with Crippen LogP contribution in [0.5, 0.6) is 0 Å². The first-order valence-corrected chi connectivity index (χ1v) is 7.69. The van der Waals surface area contributed by atoms with Crippen LogP contribution in [-0.2, 0) is 6.54 Å². The van der Waals surface area contributed by atoms with Gasteiger partial charge >= 0.3 is 0 Å². The summed E-state index contributed by atoms with van der Waals surface area (Å²) in [5, 5.41) is 3.65. The van der Waals surface area contributed by atoms with E-state index in [-0.39, 0.29) is 5.78 Å². The molecule has 2 aromatic rings. The highest BCUT2D eigenvalue weighted by atomic mass is 35.5. The van der Waals surface area contributed by atoms with Crippen molar-refractivity contribution >= 4 is 28.7 Å². The summed E-state index contributed by atoms with van der Waals surface area (Å²) in [6.07, 6.45) is 0.462. The van der Waals surface area contributed by atoms with E-state index in [0.717, 1.165) is 17.2 Å². The first-order chi connectivity index (χ1) is 9.56. The molecular formula is C15H17ClN2OS. The van der Waals surface area contributed by atoms with E-state index in [1.807, 2.05) is 26.1 Å². The van der Waals surface area contributed by atoms with Gasteiger partial charge < -0.3 is 4.90 Å². The van der Waals surface area contributed by atoms with Gasteiger partial charge in [0.15, 0.2) is 5.78 Å². The van der Waals surface area contributed by atoms with Gasteiger partial charge in [0.1, 0.15) is 0 Å². The second-order valence-corrected chi connectivity index (χ2v) is 6.22. The van der Waals surface area contributed by atoms with Gasteiger partial charge in [0.2, 0.25) is 0 Å². The van der Waals surface area contributed by atoms with E-state index in [1.165, 1.54) is 0 Å². The van der Waals surface area contributed by atoms with Gasteiger partial charge in [-0.1, -0.05) is 23.7 Å². The summed E-state index contributed by atoms with van der Waals surface area (Å²) in [6, 6.07) is 7.18. The van der Waals surface area contributed by atoms with Gasteiger partial charge in [-0.3, -0.25) is 4.79 Å². The monoisotopic (exact) mass is 308 g/mol. The van der Waals surface area contributed by atoms with E-state index in [0.29, 0.717) is 23.6 Å². The standard InChI is InChI=1S/C15H17ClN2OS/c1-11-17-12(10-20-11)9-18(2)8-7-15(19)13-5-3-4-6-14(13)16/h3-6,10H,7-9H2,1-2H3. The molecule has 0 spiro atoms. The van der Waals surface area contributed by atoms with Crippen LogP contribution in [0.4, 0.5) is 0 Å². The molecule has 0 saturated heterocycles. The lowest BCUT2D eigenvalue weighted by Gasteiger charge is -2.14. The Bertz CT molecular complexity index is 597. The molecule has 0 fully saturated rings. The third-order valence-corrected chi connectivity index (χ3v) is 4.15. The summed E-state index contributed by atoms with van der Waals surface area (Å²) < 4.78 is 0. The second kappa shape index (κ2) is 6.97. The summed E-state index contributed by atoms with van der Waals surface area (Å²) in [4.78, 5) is 18.6. The lowest BCUT2D eigenvalue weighted by atomic mass is 10.1. The molecule has 3 nitrogen and oxygen atoms in total. The van der Waals surface area contributed by atoms with Crippen LogP contribution >= 0.6 is 22.9 Å². The van der Waals surface area contributed by atoms with Gasteiger partial charge in [-0.05, 0) is 26.1 Å². The molecule has 20 heavy (non-hydrogen) atoms. The van der Waals surface area contributed by atoms with Crippen molar-refractivity contribution in [3.63, 3.8) is 0 Å². The van der Waals surface area contributed by atoms with Crippen molar-refractivity contribution in [1.29, 1.82) is 0 Å².